The zero-order valence-corrected chi connectivity index (χ0v) is 11.8. The van der Waals surface area contributed by atoms with Gasteiger partial charge in [-0.15, -0.1) is 0 Å². The van der Waals surface area contributed by atoms with E-state index in [1.165, 1.54) is 6.92 Å². The fourth-order valence-electron chi connectivity index (χ4n) is 2.66. The first kappa shape index (κ1) is 14.3. The molecule has 2 rings (SSSR count). The van der Waals surface area contributed by atoms with Crippen LogP contribution in [0.3, 0.4) is 0 Å². The number of nitro groups is 1. The van der Waals surface area contributed by atoms with Crippen molar-refractivity contribution < 1.29 is 9.72 Å². The Morgan fingerprint density at radius 2 is 2.05 bits per heavy atom. The van der Waals surface area contributed by atoms with E-state index in [0.29, 0.717) is 0 Å². The highest BCUT2D eigenvalue weighted by molar-refractivity contribution is 5.73. The van der Waals surface area contributed by atoms with E-state index in [2.05, 4.69) is 10.2 Å². The molecule has 1 fully saturated rings. The number of nitro benzene ring substituents is 1. The van der Waals surface area contributed by atoms with E-state index < -0.39 is 0 Å². The fourth-order valence-corrected chi connectivity index (χ4v) is 2.66. The van der Waals surface area contributed by atoms with E-state index >= 15 is 0 Å². The van der Waals surface area contributed by atoms with Crippen molar-refractivity contribution in [2.45, 2.75) is 32.7 Å². The van der Waals surface area contributed by atoms with Gasteiger partial charge in [-0.2, -0.15) is 0 Å². The number of non-ortho nitro benzene ring substituents is 1. The zero-order valence-electron chi connectivity index (χ0n) is 11.8. The molecule has 1 aliphatic heterocycles. The van der Waals surface area contributed by atoms with Crippen LogP contribution in [0.1, 0.15) is 25.3 Å². The SMILES string of the molecule is CC(=O)NC1CCN(c2ccc([N+](=O)[O-])cc2C)CC1. The minimum Gasteiger partial charge on any atom is -0.371 e. The number of anilines is 1. The van der Waals surface area contributed by atoms with Crippen molar-refractivity contribution in [3.63, 3.8) is 0 Å². The Hall–Kier alpha value is -2.11. The van der Waals surface area contributed by atoms with Crippen LogP contribution in [-0.4, -0.2) is 30.0 Å². The smallest absolute Gasteiger partial charge is 0.269 e. The van der Waals surface area contributed by atoms with Gasteiger partial charge >= 0.3 is 0 Å². The Morgan fingerprint density at radius 1 is 1.40 bits per heavy atom. The maximum Gasteiger partial charge on any atom is 0.269 e. The predicted octanol–water partition coefficient (Wildman–Crippen LogP) is 2.01. The molecule has 6 heteroatoms. The Bertz CT molecular complexity index is 522. The number of hydrogen-bond donors (Lipinski definition) is 1. The Morgan fingerprint density at radius 3 is 2.55 bits per heavy atom. The van der Waals surface area contributed by atoms with E-state index in [1.54, 1.807) is 12.1 Å². The third kappa shape index (κ3) is 3.26. The van der Waals surface area contributed by atoms with E-state index in [1.807, 2.05) is 13.0 Å². The lowest BCUT2D eigenvalue weighted by molar-refractivity contribution is -0.384. The number of nitrogens with zero attached hydrogens (tertiary/aromatic N) is 2. The number of benzene rings is 1. The van der Waals surface area contributed by atoms with Crippen LogP contribution >= 0.6 is 0 Å². The highest BCUT2D eigenvalue weighted by Gasteiger charge is 2.21. The molecule has 1 amide bonds. The van der Waals surface area contributed by atoms with Crippen LogP contribution in [0.4, 0.5) is 11.4 Å². The van der Waals surface area contributed by atoms with Gasteiger partial charge in [-0.3, -0.25) is 14.9 Å². The molecular formula is C14H19N3O3. The molecular weight excluding hydrogens is 258 g/mol. The van der Waals surface area contributed by atoms with Crippen LogP contribution in [0.2, 0.25) is 0 Å². The minimum absolute atomic E-state index is 0.00923. The van der Waals surface area contributed by atoms with Crippen molar-refractivity contribution in [2.24, 2.45) is 0 Å². The predicted molar refractivity (Wildman–Crippen MR) is 76.9 cm³/mol. The maximum absolute atomic E-state index is 11.0. The average molecular weight is 277 g/mol. The van der Waals surface area contributed by atoms with Crippen LogP contribution in [0, 0.1) is 17.0 Å². The largest absolute Gasteiger partial charge is 0.371 e. The summed E-state index contributed by atoms with van der Waals surface area (Å²) in [5.41, 5.74) is 2.08. The van der Waals surface area contributed by atoms with E-state index in [-0.39, 0.29) is 22.6 Å². The summed E-state index contributed by atoms with van der Waals surface area (Å²) >= 11 is 0. The van der Waals surface area contributed by atoms with Gasteiger partial charge in [0.1, 0.15) is 0 Å². The van der Waals surface area contributed by atoms with Gasteiger partial charge in [-0.1, -0.05) is 0 Å². The van der Waals surface area contributed by atoms with Crippen LogP contribution < -0.4 is 10.2 Å². The third-order valence-corrected chi connectivity index (χ3v) is 3.63. The minimum atomic E-state index is -0.375. The highest BCUT2D eigenvalue weighted by atomic mass is 16.6. The van der Waals surface area contributed by atoms with Crippen LogP contribution in [0.5, 0.6) is 0 Å². The number of hydrogen-bond acceptors (Lipinski definition) is 4. The number of carbonyl (C=O) groups is 1. The van der Waals surface area contributed by atoms with Gasteiger partial charge < -0.3 is 10.2 Å². The molecule has 0 bridgehead atoms. The quantitative estimate of drug-likeness (QED) is 0.677. The number of rotatable bonds is 3. The molecule has 0 atom stereocenters. The van der Waals surface area contributed by atoms with E-state index in [0.717, 1.165) is 37.2 Å². The van der Waals surface area contributed by atoms with Crippen molar-refractivity contribution in [1.29, 1.82) is 0 Å². The summed E-state index contributed by atoms with van der Waals surface area (Å²) in [4.78, 5) is 23.6. The average Bonchev–Trinajstić information content (AvgIpc) is 2.39. The number of nitrogens with one attached hydrogen (secondary N) is 1. The van der Waals surface area contributed by atoms with Gasteiger partial charge in [0.15, 0.2) is 0 Å². The fraction of sp³-hybridized carbons (Fsp3) is 0.500. The summed E-state index contributed by atoms with van der Waals surface area (Å²) in [5, 5.41) is 13.7. The van der Waals surface area contributed by atoms with E-state index in [9.17, 15) is 14.9 Å². The Balaban J connectivity index is 2.03. The van der Waals surface area contributed by atoms with Gasteiger partial charge in [0.2, 0.25) is 5.91 Å². The molecule has 1 N–H and O–H groups in total. The van der Waals surface area contributed by atoms with Gasteiger partial charge in [0, 0.05) is 43.9 Å². The van der Waals surface area contributed by atoms with E-state index in [4.69, 9.17) is 0 Å². The topological polar surface area (TPSA) is 75.5 Å². The van der Waals surface area contributed by atoms with Crippen molar-refractivity contribution >= 4 is 17.3 Å². The summed E-state index contributed by atoms with van der Waals surface area (Å²) in [6, 6.07) is 5.20. The molecule has 1 aliphatic rings. The molecule has 0 spiro atoms. The van der Waals surface area contributed by atoms with Gasteiger partial charge in [0.05, 0.1) is 4.92 Å². The molecule has 108 valence electrons. The molecule has 6 nitrogen and oxygen atoms in total. The molecule has 0 saturated carbocycles. The standard InChI is InChI=1S/C14H19N3O3/c1-10-9-13(17(19)20)3-4-14(10)16-7-5-12(6-8-16)15-11(2)18/h3-4,9,12H,5-8H2,1-2H3,(H,15,18). The molecule has 0 radical (unpaired) electrons. The second-order valence-corrected chi connectivity index (χ2v) is 5.19. The van der Waals surface area contributed by atoms with Crippen molar-refractivity contribution in [3.8, 4) is 0 Å². The van der Waals surface area contributed by atoms with Gasteiger partial charge in [-0.05, 0) is 31.4 Å². The normalized spacial score (nSPS) is 16.0. The second-order valence-electron chi connectivity index (χ2n) is 5.19. The number of carbonyl (C=O) groups excluding carboxylic acids is 1. The van der Waals surface area contributed by atoms with Crippen LogP contribution in [0.25, 0.3) is 0 Å². The molecule has 1 aromatic carbocycles. The summed E-state index contributed by atoms with van der Waals surface area (Å²) in [6.45, 7) is 5.13. The number of piperidine rings is 1. The molecule has 20 heavy (non-hydrogen) atoms. The first-order valence-corrected chi connectivity index (χ1v) is 6.74. The lowest BCUT2D eigenvalue weighted by Crippen LogP contribution is -2.44. The van der Waals surface area contributed by atoms with Gasteiger partial charge in [0.25, 0.3) is 5.69 Å². The zero-order chi connectivity index (χ0) is 14.7. The molecule has 0 unspecified atom stereocenters. The molecule has 1 saturated heterocycles. The highest BCUT2D eigenvalue weighted by Crippen LogP contribution is 2.27. The Labute approximate surface area is 117 Å². The molecule has 0 aliphatic carbocycles. The van der Waals surface area contributed by atoms with Crippen molar-refractivity contribution in [2.75, 3.05) is 18.0 Å². The van der Waals surface area contributed by atoms with Crippen molar-refractivity contribution in [3.05, 3.63) is 33.9 Å². The molecule has 1 aromatic rings. The van der Waals surface area contributed by atoms with Crippen LogP contribution in [0.15, 0.2) is 18.2 Å². The molecule has 0 aromatic heterocycles. The summed E-state index contributed by atoms with van der Waals surface area (Å²) in [5.74, 6) is 0.00923. The lowest BCUT2D eigenvalue weighted by atomic mass is 10.0. The summed E-state index contributed by atoms with van der Waals surface area (Å²) in [7, 11) is 0. The molecule has 1 heterocycles. The summed E-state index contributed by atoms with van der Waals surface area (Å²) < 4.78 is 0. The lowest BCUT2D eigenvalue weighted by Gasteiger charge is -2.34. The maximum atomic E-state index is 11.0. The monoisotopic (exact) mass is 277 g/mol. The number of aryl methyl sites for hydroxylation is 1. The second kappa shape index (κ2) is 5.90. The number of amides is 1. The van der Waals surface area contributed by atoms with Crippen molar-refractivity contribution in [1.82, 2.24) is 5.32 Å². The first-order chi connectivity index (χ1) is 9.47. The first-order valence-electron chi connectivity index (χ1n) is 6.74. The summed E-state index contributed by atoms with van der Waals surface area (Å²) in [6.07, 6.45) is 1.80. The Kier molecular flexibility index (Phi) is 4.22. The van der Waals surface area contributed by atoms with Gasteiger partial charge in [-0.25, -0.2) is 0 Å². The third-order valence-electron chi connectivity index (χ3n) is 3.63. The van der Waals surface area contributed by atoms with Crippen LogP contribution in [-0.2, 0) is 4.79 Å².